The lowest BCUT2D eigenvalue weighted by Crippen LogP contribution is -2.68. The zero-order valence-corrected chi connectivity index (χ0v) is 35.3. The molecule has 5 aliphatic rings. The topological polar surface area (TPSA) is 127 Å². The Morgan fingerprint density at radius 1 is 0.965 bits per heavy atom. The predicted molar refractivity (Wildman–Crippen MR) is 222 cm³/mol. The van der Waals surface area contributed by atoms with Crippen LogP contribution in [0.2, 0.25) is 5.02 Å². The Labute approximate surface area is 345 Å². The second-order valence-electron chi connectivity index (χ2n) is 17.8. The molecule has 3 aliphatic heterocycles. The van der Waals surface area contributed by atoms with Gasteiger partial charge in [0.1, 0.15) is 12.4 Å². The summed E-state index contributed by atoms with van der Waals surface area (Å²) in [5, 5.41) is 19.2. The maximum atomic E-state index is 14.2. The summed E-state index contributed by atoms with van der Waals surface area (Å²) >= 11 is 6.78. The average Bonchev–Trinajstić information content (AvgIpc) is 3.73. The van der Waals surface area contributed by atoms with Gasteiger partial charge in [-0.1, -0.05) is 82.9 Å². The number of ether oxygens (including phenoxy) is 1. The summed E-state index contributed by atoms with van der Waals surface area (Å²) in [6.45, 7) is 9.50. The Morgan fingerprint density at radius 2 is 1.70 bits per heavy atom. The van der Waals surface area contributed by atoms with Crippen LogP contribution >= 0.6 is 11.6 Å². The monoisotopic (exact) mass is 809 g/mol. The second-order valence-corrected chi connectivity index (χ2v) is 18.2. The number of halogens is 1. The van der Waals surface area contributed by atoms with E-state index in [2.05, 4.69) is 36.4 Å². The van der Waals surface area contributed by atoms with Gasteiger partial charge in [-0.05, 0) is 62.1 Å². The Kier molecular flexibility index (Phi) is 15.2. The minimum Gasteiger partial charge on any atom is -0.484 e. The molecule has 57 heavy (non-hydrogen) atoms. The molecule has 12 nitrogen and oxygen atoms in total. The number of piperazine rings is 1. The van der Waals surface area contributed by atoms with E-state index in [1.807, 2.05) is 24.8 Å². The molecule has 4 atom stereocenters. The van der Waals surface area contributed by atoms with Crippen molar-refractivity contribution in [1.29, 1.82) is 0 Å². The van der Waals surface area contributed by atoms with Crippen LogP contribution in [0.25, 0.3) is 0 Å². The number of aromatic nitrogens is 1. The van der Waals surface area contributed by atoms with Gasteiger partial charge in [0, 0.05) is 76.3 Å². The van der Waals surface area contributed by atoms with E-state index >= 15 is 0 Å². The number of nitrogens with one attached hydrogen (secondary N) is 2. The van der Waals surface area contributed by atoms with Crippen molar-refractivity contribution in [2.45, 2.75) is 154 Å². The van der Waals surface area contributed by atoms with Gasteiger partial charge in [-0.2, -0.15) is 0 Å². The quantitative estimate of drug-likeness (QED) is 0.224. The molecule has 0 spiro atoms. The molecule has 3 unspecified atom stereocenters. The first-order valence-electron chi connectivity index (χ1n) is 22.3. The summed E-state index contributed by atoms with van der Waals surface area (Å²) in [6, 6.07) is 4.93. The largest absolute Gasteiger partial charge is 0.484 e. The minimum absolute atomic E-state index is 0.000397. The fourth-order valence-electron chi connectivity index (χ4n) is 9.92. The van der Waals surface area contributed by atoms with Crippen LogP contribution in [-0.2, 0) is 29.2 Å². The van der Waals surface area contributed by atoms with Crippen molar-refractivity contribution in [3.8, 4) is 5.75 Å². The maximum absolute atomic E-state index is 14.2. The van der Waals surface area contributed by atoms with Crippen LogP contribution in [0.4, 0.5) is 0 Å². The number of hydrogen-bond donors (Lipinski definition) is 3. The first-order valence-corrected chi connectivity index (χ1v) is 22.7. The van der Waals surface area contributed by atoms with Crippen molar-refractivity contribution in [3.63, 3.8) is 0 Å². The molecule has 13 heteroatoms. The van der Waals surface area contributed by atoms with Crippen molar-refractivity contribution in [2.24, 2.45) is 11.8 Å². The van der Waals surface area contributed by atoms with E-state index in [0.717, 1.165) is 63.1 Å². The van der Waals surface area contributed by atoms with Crippen molar-refractivity contribution >= 4 is 23.4 Å². The lowest BCUT2D eigenvalue weighted by atomic mass is 9.85. The van der Waals surface area contributed by atoms with E-state index in [0.29, 0.717) is 41.7 Å². The SMILES string of the molecule is CC(C)C(=O)N1CCN(C2CC(C(=O)NC[C@H](O)CN3CCc4c(ccc(OCc5cnco5)c4Cl)C3)CC(NC3CCC3)N2C2CCCCCCCCC2)CC1. The number of hydrogen-bond acceptors (Lipinski definition) is 10. The van der Waals surface area contributed by atoms with Crippen LogP contribution in [0, 0.1) is 11.8 Å². The summed E-state index contributed by atoms with van der Waals surface area (Å²) in [5.41, 5.74) is 2.21. The molecule has 2 aromatic rings. The number of amides is 2. The van der Waals surface area contributed by atoms with Crippen LogP contribution in [0.1, 0.15) is 121 Å². The number of rotatable bonds is 13. The van der Waals surface area contributed by atoms with Crippen LogP contribution in [0.15, 0.2) is 29.1 Å². The van der Waals surface area contributed by atoms with Crippen molar-refractivity contribution in [1.82, 2.24) is 35.2 Å². The molecule has 4 fully saturated rings. The number of oxazole rings is 1. The number of β-amino-alcohol motifs (C(OH)–C–C–N with tert-alkyl or cyclic N) is 1. The number of nitrogens with zero attached hydrogens (tertiary/aromatic N) is 5. The molecule has 2 amide bonds. The molecular weight excluding hydrogens is 742 g/mol. The van der Waals surface area contributed by atoms with E-state index in [4.69, 9.17) is 20.8 Å². The zero-order valence-electron chi connectivity index (χ0n) is 34.5. The number of carbonyl (C=O) groups excluding carboxylic acids is 2. The van der Waals surface area contributed by atoms with Gasteiger partial charge in [0.15, 0.2) is 12.2 Å². The number of likely N-dealkylation sites (tertiary alicyclic amines) is 1. The molecule has 0 radical (unpaired) electrons. The number of benzene rings is 1. The Bertz CT molecular complexity index is 1570. The van der Waals surface area contributed by atoms with Gasteiger partial charge in [0.2, 0.25) is 11.8 Å². The Balaban J connectivity index is 0.989. The highest BCUT2D eigenvalue weighted by molar-refractivity contribution is 6.33. The normalized spacial score (nSPS) is 25.8. The number of carbonyl (C=O) groups is 2. The molecule has 0 bridgehead atoms. The average molecular weight is 811 g/mol. The summed E-state index contributed by atoms with van der Waals surface area (Å²) < 4.78 is 11.2. The highest BCUT2D eigenvalue weighted by Gasteiger charge is 2.45. The van der Waals surface area contributed by atoms with E-state index < -0.39 is 6.10 Å². The van der Waals surface area contributed by atoms with Gasteiger partial charge in [-0.15, -0.1) is 0 Å². The minimum atomic E-state index is -0.690. The molecule has 7 rings (SSSR count). The highest BCUT2D eigenvalue weighted by Crippen LogP contribution is 2.37. The van der Waals surface area contributed by atoms with Gasteiger partial charge in [0.25, 0.3) is 0 Å². The summed E-state index contributed by atoms with van der Waals surface area (Å²) in [4.78, 5) is 40.8. The van der Waals surface area contributed by atoms with Crippen molar-refractivity contribution in [2.75, 3.05) is 45.8 Å². The fraction of sp³-hybridized carbons (Fsp3) is 0.750. The smallest absolute Gasteiger partial charge is 0.225 e. The summed E-state index contributed by atoms with van der Waals surface area (Å²) in [5.74, 6) is 1.39. The van der Waals surface area contributed by atoms with Gasteiger partial charge < -0.3 is 24.5 Å². The second kappa shape index (κ2) is 20.5. The van der Waals surface area contributed by atoms with E-state index in [-0.39, 0.29) is 49.1 Å². The fourth-order valence-corrected chi connectivity index (χ4v) is 10.3. The molecule has 3 N–H and O–H groups in total. The van der Waals surface area contributed by atoms with E-state index in [1.165, 1.54) is 83.4 Å². The van der Waals surface area contributed by atoms with Gasteiger partial charge >= 0.3 is 0 Å². The van der Waals surface area contributed by atoms with E-state index in [1.54, 1.807) is 6.20 Å². The van der Waals surface area contributed by atoms with Crippen LogP contribution < -0.4 is 15.4 Å². The Morgan fingerprint density at radius 3 is 2.37 bits per heavy atom. The third-order valence-corrected chi connectivity index (χ3v) is 13.8. The molecule has 1 aromatic carbocycles. The third kappa shape index (κ3) is 11.1. The zero-order chi connectivity index (χ0) is 39.7. The molecule has 4 heterocycles. The number of aliphatic hydroxyl groups is 1. The van der Waals surface area contributed by atoms with Crippen LogP contribution in [-0.4, -0.2) is 118 Å². The van der Waals surface area contributed by atoms with Gasteiger partial charge in [-0.25, -0.2) is 4.98 Å². The summed E-state index contributed by atoms with van der Waals surface area (Å²) in [6.07, 6.45) is 20.1. The third-order valence-electron chi connectivity index (χ3n) is 13.4. The molecule has 2 aliphatic carbocycles. The number of fused-ring (bicyclic) bond motifs is 1. The van der Waals surface area contributed by atoms with Crippen LogP contribution in [0.5, 0.6) is 5.75 Å². The van der Waals surface area contributed by atoms with E-state index in [9.17, 15) is 14.7 Å². The molecule has 316 valence electrons. The predicted octanol–water partition coefficient (Wildman–Crippen LogP) is 5.94. The molecule has 2 saturated carbocycles. The highest BCUT2D eigenvalue weighted by atomic mass is 35.5. The molecule has 1 aromatic heterocycles. The van der Waals surface area contributed by atoms with Crippen molar-refractivity contribution < 1.29 is 23.8 Å². The van der Waals surface area contributed by atoms with Crippen molar-refractivity contribution in [3.05, 3.63) is 46.6 Å². The summed E-state index contributed by atoms with van der Waals surface area (Å²) in [7, 11) is 0. The first kappa shape index (κ1) is 42.4. The lowest BCUT2D eigenvalue weighted by Gasteiger charge is -2.55. The number of piperidine rings is 1. The Hall–Kier alpha value is -2.74. The maximum Gasteiger partial charge on any atom is 0.225 e. The molecule has 2 saturated heterocycles. The number of aliphatic hydroxyl groups excluding tert-OH is 1. The van der Waals surface area contributed by atoms with Crippen LogP contribution in [0.3, 0.4) is 0 Å². The molecular formula is C44H68ClN7O5. The lowest BCUT2D eigenvalue weighted by molar-refractivity contribution is -0.143. The van der Waals surface area contributed by atoms with Gasteiger partial charge in [0.05, 0.1) is 29.7 Å². The van der Waals surface area contributed by atoms with Gasteiger partial charge in [-0.3, -0.25) is 29.6 Å². The standard InChI is InChI=1S/C44H68ClN7O5/c1-31(2)44(55)51-21-19-50(20-22-51)41-24-33(23-40(48-34-11-10-12-34)52(41)35-13-8-6-4-3-5-7-9-14-35)43(54)47-25-36(53)28-49-18-17-38-32(27-49)15-16-39(42(38)45)56-29-37-26-46-30-57-37/h15-16,26,30-31,33-36,40-41,48,53H,3-14,17-25,27-29H2,1-2H3,(H,47,54)/t33?,36-,40?,41?/m0/s1. The first-order chi connectivity index (χ1) is 27.7.